The molecule has 3 aromatic rings. The molecule has 1 aromatic heterocycles. The molecule has 0 atom stereocenters. The van der Waals surface area contributed by atoms with Crippen molar-refractivity contribution < 1.29 is 9.15 Å². The molecule has 5 nitrogen and oxygen atoms in total. The van der Waals surface area contributed by atoms with Gasteiger partial charge in [0.05, 0.1) is 0 Å². The summed E-state index contributed by atoms with van der Waals surface area (Å²) >= 11 is 0. The Bertz CT molecular complexity index is 755. The van der Waals surface area contributed by atoms with E-state index in [1.54, 1.807) is 13.3 Å². The van der Waals surface area contributed by atoms with Crippen molar-refractivity contribution in [1.82, 2.24) is 0 Å². The van der Waals surface area contributed by atoms with Gasteiger partial charge in [-0.15, -0.1) is 0 Å². The van der Waals surface area contributed by atoms with E-state index in [2.05, 4.69) is 5.29 Å². The van der Waals surface area contributed by atoms with E-state index in [1.807, 2.05) is 49.4 Å². The van der Waals surface area contributed by atoms with Crippen LogP contribution in [-0.2, 0) is 6.54 Å². The van der Waals surface area contributed by atoms with Crippen molar-refractivity contribution in [2.24, 2.45) is 5.29 Å². The Morgan fingerprint density at radius 1 is 1.24 bits per heavy atom. The number of nitroso groups, excluding NO2 is 1. The number of benzene rings is 2. The maximum absolute atomic E-state index is 11.1. The minimum absolute atomic E-state index is 0.400. The summed E-state index contributed by atoms with van der Waals surface area (Å²) in [5.41, 5.74) is 2.49. The minimum atomic E-state index is 0.400. The van der Waals surface area contributed by atoms with Crippen LogP contribution in [0.1, 0.15) is 5.56 Å². The molecule has 2 aromatic carbocycles. The van der Waals surface area contributed by atoms with Gasteiger partial charge >= 0.3 is 121 Å². The number of fused-ring (bicyclic) bond motifs is 1. The monoisotopic (exact) mass is 280 g/mol. The molecule has 1 heterocycles. The molecular formula is C15H13BN2O3. The molecule has 21 heavy (non-hydrogen) atoms. The molecule has 0 fully saturated rings. The third-order valence-electron chi connectivity index (χ3n) is 3.32. The van der Waals surface area contributed by atoms with Crippen LogP contribution in [0.4, 0.5) is 5.69 Å². The molecule has 0 saturated heterocycles. The SMILES string of the molecule is COc1ccc(CN(N=O)c2ccc3ocbc3c2)cc1. The van der Waals surface area contributed by atoms with Crippen LogP contribution in [0.2, 0.25) is 0 Å². The summed E-state index contributed by atoms with van der Waals surface area (Å²) < 4.78 is 10.4. The van der Waals surface area contributed by atoms with Crippen LogP contribution in [0.5, 0.6) is 5.75 Å². The maximum atomic E-state index is 11.1. The molecule has 0 N–H and O–H groups in total. The number of nitrogens with zero attached hydrogens (tertiary/aromatic N) is 2. The first-order chi connectivity index (χ1) is 10.3. The van der Waals surface area contributed by atoms with Gasteiger partial charge in [-0.25, -0.2) is 0 Å². The number of methoxy groups -OCH3 is 1. The average Bonchev–Trinajstić information content (AvgIpc) is 3.00. The Kier molecular flexibility index (Phi) is 3.68. The van der Waals surface area contributed by atoms with E-state index in [4.69, 9.17) is 9.15 Å². The molecule has 0 bridgehead atoms. The van der Waals surface area contributed by atoms with E-state index in [0.717, 1.165) is 27.9 Å². The molecule has 0 saturated carbocycles. The summed E-state index contributed by atoms with van der Waals surface area (Å²) in [6.07, 6.45) is 1.62. The normalized spacial score (nSPS) is 10.3. The second-order valence-corrected chi connectivity index (χ2v) is 4.63. The summed E-state index contributed by atoms with van der Waals surface area (Å²) in [6, 6.07) is 13.1. The van der Waals surface area contributed by atoms with Crippen LogP contribution >= 0.6 is 0 Å². The molecule has 6 heteroatoms. The molecule has 0 aliphatic heterocycles. The Morgan fingerprint density at radius 2 is 2.05 bits per heavy atom. The molecule has 0 radical (unpaired) electrons. The number of ether oxygens (including phenoxy) is 1. The van der Waals surface area contributed by atoms with Crippen molar-refractivity contribution in [3.05, 3.63) is 59.1 Å². The van der Waals surface area contributed by atoms with Gasteiger partial charge in [0.2, 0.25) is 0 Å². The number of hydrogen-bond donors (Lipinski definition) is 0. The molecule has 0 aliphatic carbocycles. The van der Waals surface area contributed by atoms with Crippen LogP contribution in [0.15, 0.2) is 58.3 Å². The van der Waals surface area contributed by atoms with Crippen molar-refractivity contribution in [3.63, 3.8) is 0 Å². The molecule has 0 unspecified atom stereocenters. The van der Waals surface area contributed by atoms with Crippen molar-refractivity contribution in [2.75, 3.05) is 12.1 Å². The van der Waals surface area contributed by atoms with Gasteiger partial charge in [0, 0.05) is 0 Å². The zero-order valence-corrected chi connectivity index (χ0v) is 11.5. The first-order valence-corrected chi connectivity index (χ1v) is 6.51. The predicted octanol–water partition coefficient (Wildman–Crippen LogP) is 3.47. The van der Waals surface area contributed by atoms with Gasteiger partial charge in [-0.2, -0.15) is 0 Å². The first-order valence-electron chi connectivity index (χ1n) is 6.51. The van der Waals surface area contributed by atoms with Gasteiger partial charge in [0.1, 0.15) is 0 Å². The second kappa shape index (κ2) is 5.79. The predicted molar refractivity (Wildman–Crippen MR) is 82.5 cm³/mol. The van der Waals surface area contributed by atoms with E-state index >= 15 is 0 Å². The quantitative estimate of drug-likeness (QED) is 0.530. The molecule has 0 aliphatic rings. The van der Waals surface area contributed by atoms with E-state index < -0.39 is 0 Å². The molecular weight excluding hydrogens is 267 g/mol. The van der Waals surface area contributed by atoms with E-state index in [0.29, 0.717) is 6.54 Å². The zero-order chi connectivity index (χ0) is 14.7. The molecule has 0 amide bonds. The van der Waals surface area contributed by atoms with E-state index in [9.17, 15) is 4.91 Å². The van der Waals surface area contributed by atoms with Crippen molar-refractivity contribution >= 4 is 23.5 Å². The summed E-state index contributed by atoms with van der Waals surface area (Å²) in [4.78, 5) is 11.1. The summed E-state index contributed by atoms with van der Waals surface area (Å²) in [5, 5.41) is 5.46. The van der Waals surface area contributed by atoms with Crippen LogP contribution in [0.3, 0.4) is 0 Å². The van der Waals surface area contributed by atoms with Crippen LogP contribution in [0, 0.1) is 4.91 Å². The fraction of sp³-hybridized carbons (Fsp3) is 0.133. The standard InChI is InChI=1S/C15H13BN2O3/c1-20-13-5-2-11(3-6-13)9-18(17-19)12-4-7-15-14(8-12)16-10-21-15/h2-8,10H,9H2,1H3. The van der Waals surface area contributed by atoms with Crippen LogP contribution in [-0.4, -0.2) is 14.0 Å². The molecule has 104 valence electrons. The number of rotatable bonds is 5. The van der Waals surface area contributed by atoms with Crippen LogP contribution < -0.4 is 9.75 Å². The van der Waals surface area contributed by atoms with E-state index in [-0.39, 0.29) is 0 Å². The Labute approximate surface area is 122 Å². The first kappa shape index (κ1) is 13.4. The van der Waals surface area contributed by atoms with Gasteiger partial charge in [-0.05, 0) is 0 Å². The second-order valence-electron chi connectivity index (χ2n) is 4.63. The third-order valence-corrected chi connectivity index (χ3v) is 3.32. The van der Waals surface area contributed by atoms with Crippen molar-refractivity contribution in [2.45, 2.75) is 6.54 Å². The summed E-state index contributed by atoms with van der Waals surface area (Å²) in [6.45, 7) is 2.26. The Morgan fingerprint density at radius 3 is 2.76 bits per heavy atom. The van der Waals surface area contributed by atoms with Crippen molar-refractivity contribution in [1.29, 1.82) is 0 Å². The average molecular weight is 280 g/mol. The van der Waals surface area contributed by atoms with Gasteiger partial charge in [-0.3, -0.25) is 0 Å². The van der Waals surface area contributed by atoms with Crippen molar-refractivity contribution in [3.8, 4) is 5.75 Å². The molecule has 0 spiro atoms. The Hall–Kier alpha value is -2.63. The fourth-order valence-electron chi connectivity index (χ4n) is 2.19. The van der Waals surface area contributed by atoms with Gasteiger partial charge in [-0.1, -0.05) is 0 Å². The van der Waals surface area contributed by atoms with Crippen LogP contribution in [0.25, 0.3) is 10.9 Å². The van der Waals surface area contributed by atoms with Gasteiger partial charge < -0.3 is 0 Å². The topological polar surface area (TPSA) is 55.0 Å². The number of anilines is 1. The third kappa shape index (κ3) is 2.79. The fourth-order valence-corrected chi connectivity index (χ4v) is 2.19. The van der Waals surface area contributed by atoms with Gasteiger partial charge in [0.15, 0.2) is 0 Å². The number of hydrogen-bond acceptors (Lipinski definition) is 4. The zero-order valence-electron chi connectivity index (χ0n) is 11.5. The van der Waals surface area contributed by atoms with E-state index in [1.165, 1.54) is 5.01 Å². The summed E-state index contributed by atoms with van der Waals surface area (Å²) in [7, 11) is 1.62. The Balaban J connectivity index is 1.84. The summed E-state index contributed by atoms with van der Waals surface area (Å²) in [5.74, 6) is 0.782. The van der Waals surface area contributed by atoms with Gasteiger partial charge in [0.25, 0.3) is 0 Å². The molecule has 3 rings (SSSR count).